The molecular formula is C10H10F2N2O4. The second-order valence-corrected chi connectivity index (χ2v) is 3.46. The molecule has 0 saturated heterocycles. The lowest BCUT2D eigenvalue weighted by molar-refractivity contribution is -0.387. The summed E-state index contributed by atoms with van der Waals surface area (Å²) in [5, 5.41) is 10.8. The lowest BCUT2D eigenvalue weighted by Gasteiger charge is -2.08. The van der Waals surface area contributed by atoms with Gasteiger partial charge in [-0.2, -0.15) is 0 Å². The maximum absolute atomic E-state index is 12.6. The molecule has 1 aromatic heterocycles. The van der Waals surface area contributed by atoms with Gasteiger partial charge in [0.15, 0.2) is 5.69 Å². The minimum Gasteiger partial charge on any atom is -0.469 e. The van der Waals surface area contributed by atoms with Gasteiger partial charge in [-0.15, -0.1) is 0 Å². The molecule has 0 bridgehead atoms. The van der Waals surface area contributed by atoms with Crippen LogP contribution in [0.25, 0.3) is 0 Å². The minimum atomic E-state index is -3.08. The van der Waals surface area contributed by atoms with Crippen molar-refractivity contribution in [3.63, 3.8) is 0 Å². The van der Waals surface area contributed by atoms with Crippen molar-refractivity contribution >= 4 is 11.7 Å². The molecule has 0 N–H and O–H groups in total. The van der Waals surface area contributed by atoms with Gasteiger partial charge in [-0.05, 0) is 12.5 Å². The van der Waals surface area contributed by atoms with Crippen LogP contribution in [0.5, 0.6) is 0 Å². The van der Waals surface area contributed by atoms with Gasteiger partial charge in [-0.1, -0.05) is 0 Å². The van der Waals surface area contributed by atoms with Crippen LogP contribution in [0.4, 0.5) is 14.5 Å². The summed E-state index contributed by atoms with van der Waals surface area (Å²) in [5.74, 6) is -0.743. The highest BCUT2D eigenvalue weighted by Crippen LogP contribution is 2.32. The molecule has 0 amide bonds. The highest BCUT2D eigenvalue weighted by atomic mass is 19.3. The van der Waals surface area contributed by atoms with E-state index < -0.39 is 35.1 Å². The number of halogens is 2. The zero-order valence-electron chi connectivity index (χ0n) is 9.65. The Morgan fingerprint density at radius 3 is 2.67 bits per heavy atom. The number of rotatable bonds is 4. The Bertz CT molecular complexity index is 491. The van der Waals surface area contributed by atoms with Crippen LogP contribution in [-0.4, -0.2) is 23.0 Å². The topological polar surface area (TPSA) is 82.3 Å². The van der Waals surface area contributed by atoms with Crippen molar-refractivity contribution in [2.45, 2.75) is 19.8 Å². The predicted molar refractivity (Wildman–Crippen MR) is 56.3 cm³/mol. The molecule has 6 nitrogen and oxygen atoms in total. The molecule has 0 saturated carbocycles. The van der Waals surface area contributed by atoms with E-state index in [1.54, 1.807) is 0 Å². The minimum absolute atomic E-state index is 0.0999. The second kappa shape index (κ2) is 5.48. The van der Waals surface area contributed by atoms with Crippen LogP contribution < -0.4 is 0 Å². The van der Waals surface area contributed by atoms with Crippen molar-refractivity contribution in [2.75, 3.05) is 7.11 Å². The summed E-state index contributed by atoms with van der Waals surface area (Å²) in [6, 6.07) is 0. The predicted octanol–water partition coefficient (Wildman–Crippen LogP) is 1.95. The fourth-order valence-corrected chi connectivity index (χ4v) is 1.45. The summed E-state index contributed by atoms with van der Waals surface area (Å²) in [5.41, 5.74) is -1.58. The van der Waals surface area contributed by atoms with Crippen molar-refractivity contribution in [3.8, 4) is 0 Å². The van der Waals surface area contributed by atoms with Crippen molar-refractivity contribution in [1.29, 1.82) is 0 Å². The molecule has 8 heteroatoms. The molecule has 1 rings (SSSR count). The highest BCUT2D eigenvalue weighted by molar-refractivity contribution is 5.75. The molecule has 0 unspecified atom stereocenters. The molecule has 98 valence electrons. The number of aryl methyl sites for hydroxylation is 1. The van der Waals surface area contributed by atoms with E-state index in [0.29, 0.717) is 0 Å². The van der Waals surface area contributed by atoms with Crippen LogP contribution in [-0.2, 0) is 16.0 Å². The van der Waals surface area contributed by atoms with Gasteiger partial charge in [0.2, 0.25) is 0 Å². The number of pyridine rings is 1. The molecule has 0 aliphatic heterocycles. The number of carbonyl (C=O) groups is 1. The summed E-state index contributed by atoms with van der Waals surface area (Å²) in [6.45, 7) is 1.45. The summed E-state index contributed by atoms with van der Waals surface area (Å²) >= 11 is 0. The van der Waals surface area contributed by atoms with E-state index in [4.69, 9.17) is 0 Å². The Labute approximate surface area is 101 Å². The van der Waals surface area contributed by atoms with Gasteiger partial charge < -0.3 is 4.74 Å². The van der Waals surface area contributed by atoms with Gasteiger partial charge in [0.1, 0.15) is 0 Å². The average molecular weight is 260 g/mol. The Morgan fingerprint density at radius 2 is 2.22 bits per heavy atom. The molecule has 1 aromatic rings. The first-order valence-electron chi connectivity index (χ1n) is 4.86. The largest absolute Gasteiger partial charge is 0.469 e. The van der Waals surface area contributed by atoms with Crippen LogP contribution in [0.15, 0.2) is 6.20 Å². The summed E-state index contributed by atoms with van der Waals surface area (Å²) < 4.78 is 29.6. The smallest absolute Gasteiger partial charge is 0.310 e. The molecule has 1 heterocycles. The first-order valence-corrected chi connectivity index (χ1v) is 4.86. The van der Waals surface area contributed by atoms with Crippen molar-refractivity contribution in [3.05, 3.63) is 33.1 Å². The lowest BCUT2D eigenvalue weighted by atomic mass is 10.0. The van der Waals surface area contributed by atoms with Crippen molar-refractivity contribution < 1.29 is 23.2 Å². The molecule has 0 aliphatic carbocycles. The van der Waals surface area contributed by atoms with E-state index in [2.05, 4.69) is 9.72 Å². The van der Waals surface area contributed by atoms with Crippen LogP contribution in [0.3, 0.4) is 0 Å². The Hall–Kier alpha value is -2.12. The van der Waals surface area contributed by atoms with Gasteiger partial charge in [0, 0.05) is 11.8 Å². The van der Waals surface area contributed by atoms with E-state index in [-0.39, 0.29) is 11.1 Å². The van der Waals surface area contributed by atoms with Gasteiger partial charge >= 0.3 is 11.7 Å². The van der Waals surface area contributed by atoms with Gasteiger partial charge in [0.25, 0.3) is 6.43 Å². The zero-order valence-corrected chi connectivity index (χ0v) is 9.65. The number of esters is 1. The summed E-state index contributed by atoms with van der Waals surface area (Å²) in [6.07, 6.45) is -2.45. The number of nitro groups is 1. The number of aromatic nitrogens is 1. The number of hydrogen-bond donors (Lipinski definition) is 0. The fourth-order valence-electron chi connectivity index (χ4n) is 1.45. The van der Waals surface area contributed by atoms with Crippen LogP contribution in [0.2, 0.25) is 0 Å². The molecule has 0 spiro atoms. The fraction of sp³-hybridized carbons (Fsp3) is 0.400. The molecule has 0 aromatic carbocycles. The summed E-state index contributed by atoms with van der Waals surface area (Å²) in [7, 11) is 1.11. The second-order valence-electron chi connectivity index (χ2n) is 3.46. The van der Waals surface area contributed by atoms with E-state index in [1.807, 2.05) is 0 Å². The van der Waals surface area contributed by atoms with Crippen LogP contribution in [0.1, 0.15) is 23.2 Å². The van der Waals surface area contributed by atoms with E-state index in [1.165, 1.54) is 6.92 Å². The molecule has 0 radical (unpaired) electrons. The molecule has 0 aliphatic rings. The number of hydrogen-bond acceptors (Lipinski definition) is 5. The first kappa shape index (κ1) is 13.9. The standard InChI is InChI=1S/C10H10F2N2O4/c1-5-4-13-8(10(11)12)9(14(16)17)6(5)3-7(15)18-2/h4,10H,3H2,1-2H3. The molecule has 18 heavy (non-hydrogen) atoms. The van der Waals surface area contributed by atoms with Crippen molar-refractivity contribution in [2.24, 2.45) is 0 Å². The number of alkyl halides is 2. The normalized spacial score (nSPS) is 10.5. The third kappa shape index (κ3) is 2.76. The van der Waals surface area contributed by atoms with Gasteiger partial charge in [0.05, 0.1) is 18.5 Å². The summed E-state index contributed by atoms with van der Waals surface area (Å²) in [4.78, 5) is 24.4. The Morgan fingerprint density at radius 1 is 1.61 bits per heavy atom. The zero-order chi connectivity index (χ0) is 13.9. The number of nitrogens with zero attached hydrogens (tertiary/aromatic N) is 2. The van der Waals surface area contributed by atoms with E-state index >= 15 is 0 Å². The van der Waals surface area contributed by atoms with E-state index in [9.17, 15) is 23.7 Å². The third-order valence-electron chi connectivity index (χ3n) is 2.34. The Kier molecular flexibility index (Phi) is 4.24. The SMILES string of the molecule is COC(=O)Cc1c(C)cnc(C(F)F)c1[N+](=O)[O-]. The number of methoxy groups -OCH3 is 1. The quantitative estimate of drug-likeness (QED) is 0.469. The molecule has 0 atom stereocenters. The van der Waals surface area contributed by atoms with Gasteiger partial charge in [-0.3, -0.25) is 14.9 Å². The van der Waals surface area contributed by atoms with Crippen molar-refractivity contribution in [1.82, 2.24) is 4.98 Å². The van der Waals surface area contributed by atoms with Crippen LogP contribution >= 0.6 is 0 Å². The van der Waals surface area contributed by atoms with Gasteiger partial charge in [-0.25, -0.2) is 13.8 Å². The average Bonchev–Trinajstić information content (AvgIpc) is 2.30. The maximum Gasteiger partial charge on any atom is 0.310 e. The monoisotopic (exact) mass is 260 g/mol. The third-order valence-corrected chi connectivity index (χ3v) is 2.34. The van der Waals surface area contributed by atoms with E-state index in [0.717, 1.165) is 13.3 Å². The number of ether oxygens (including phenoxy) is 1. The molecular weight excluding hydrogens is 250 g/mol. The first-order chi connectivity index (χ1) is 8.38. The van der Waals surface area contributed by atoms with Crippen LogP contribution in [0, 0.1) is 17.0 Å². The lowest BCUT2D eigenvalue weighted by Crippen LogP contribution is -2.11. The highest BCUT2D eigenvalue weighted by Gasteiger charge is 2.29. The Balaban J connectivity index is 3.41. The number of carbonyl (C=O) groups excluding carboxylic acids is 1. The maximum atomic E-state index is 12.6. The molecule has 0 fully saturated rings.